The van der Waals surface area contributed by atoms with Crippen molar-refractivity contribution in [3.63, 3.8) is 0 Å². The first-order valence-corrected chi connectivity index (χ1v) is 6.04. The van der Waals surface area contributed by atoms with Crippen LogP contribution in [0.25, 0.3) is 0 Å². The van der Waals surface area contributed by atoms with E-state index in [1.165, 1.54) is 12.3 Å². The van der Waals surface area contributed by atoms with E-state index in [-0.39, 0.29) is 29.2 Å². The summed E-state index contributed by atoms with van der Waals surface area (Å²) in [5.41, 5.74) is -0.394. The van der Waals surface area contributed by atoms with Crippen molar-refractivity contribution in [2.75, 3.05) is 13.1 Å². The summed E-state index contributed by atoms with van der Waals surface area (Å²) in [7, 11) is 0. The van der Waals surface area contributed by atoms with Gasteiger partial charge in [-0.1, -0.05) is 6.92 Å². The molecule has 0 aliphatic carbocycles. The molecule has 19 heavy (non-hydrogen) atoms. The predicted molar refractivity (Wildman–Crippen MR) is 66.7 cm³/mol. The average Bonchev–Trinajstić information content (AvgIpc) is 2.40. The van der Waals surface area contributed by atoms with E-state index in [1.54, 1.807) is 6.07 Å². The van der Waals surface area contributed by atoms with Gasteiger partial charge in [-0.3, -0.25) is 10.1 Å². The van der Waals surface area contributed by atoms with Crippen LogP contribution in [0.2, 0.25) is 0 Å². The van der Waals surface area contributed by atoms with Crippen molar-refractivity contribution in [2.45, 2.75) is 19.4 Å². The number of hydrogen-bond donors (Lipinski definition) is 1. The highest BCUT2D eigenvalue weighted by Gasteiger charge is 2.28. The number of nitriles is 1. The highest BCUT2D eigenvalue weighted by Crippen LogP contribution is 2.30. The van der Waals surface area contributed by atoms with E-state index in [4.69, 9.17) is 10.00 Å². The van der Waals surface area contributed by atoms with Crippen LogP contribution in [0.5, 0.6) is 5.88 Å². The van der Waals surface area contributed by atoms with Crippen LogP contribution in [-0.4, -0.2) is 29.1 Å². The highest BCUT2D eigenvalue weighted by molar-refractivity contribution is 5.54. The fraction of sp³-hybridized carbons (Fsp3) is 0.500. The van der Waals surface area contributed by atoms with Crippen LogP contribution in [0, 0.1) is 27.4 Å². The monoisotopic (exact) mass is 262 g/mol. The fourth-order valence-electron chi connectivity index (χ4n) is 2.05. The molecule has 1 aromatic rings. The van der Waals surface area contributed by atoms with Crippen molar-refractivity contribution in [3.05, 3.63) is 27.9 Å². The Morgan fingerprint density at radius 2 is 2.47 bits per heavy atom. The maximum atomic E-state index is 11.0. The Bertz CT molecular complexity index is 526. The number of piperidine rings is 1. The van der Waals surface area contributed by atoms with Gasteiger partial charge in [0.1, 0.15) is 17.7 Å². The zero-order valence-corrected chi connectivity index (χ0v) is 10.5. The molecule has 2 heterocycles. The topological polar surface area (TPSA) is 101 Å². The Balaban J connectivity index is 2.29. The summed E-state index contributed by atoms with van der Waals surface area (Å²) < 4.78 is 5.64. The van der Waals surface area contributed by atoms with Crippen molar-refractivity contribution in [1.29, 1.82) is 5.26 Å². The van der Waals surface area contributed by atoms with Gasteiger partial charge in [0.15, 0.2) is 0 Å². The van der Waals surface area contributed by atoms with Crippen LogP contribution >= 0.6 is 0 Å². The second-order valence-corrected chi connectivity index (χ2v) is 4.51. The molecule has 0 aromatic carbocycles. The van der Waals surface area contributed by atoms with Gasteiger partial charge in [-0.05, 0) is 24.9 Å². The van der Waals surface area contributed by atoms with Gasteiger partial charge < -0.3 is 10.1 Å². The summed E-state index contributed by atoms with van der Waals surface area (Å²) in [5.74, 6) is 0.206. The third kappa shape index (κ3) is 2.80. The van der Waals surface area contributed by atoms with Gasteiger partial charge in [-0.15, -0.1) is 0 Å². The summed E-state index contributed by atoms with van der Waals surface area (Å²) in [6, 6.07) is 3.10. The van der Waals surface area contributed by atoms with Gasteiger partial charge in [0.25, 0.3) is 5.88 Å². The normalized spacial score (nSPS) is 22.5. The third-order valence-electron chi connectivity index (χ3n) is 3.21. The molecule has 7 nitrogen and oxygen atoms in total. The largest absolute Gasteiger partial charge is 0.468 e. The number of pyridine rings is 1. The number of nitrogens with zero attached hydrogens (tertiary/aromatic N) is 3. The molecule has 0 radical (unpaired) electrons. The molecule has 100 valence electrons. The summed E-state index contributed by atoms with van der Waals surface area (Å²) in [5, 5.41) is 23.1. The van der Waals surface area contributed by atoms with Crippen molar-refractivity contribution in [2.24, 2.45) is 5.92 Å². The van der Waals surface area contributed by atoms with Crippen LogP contribution in [0.1, 0.15) is 18.9 Å². The predicted octanol–water partition coefficient (Wildman–Crippen LogP) is 1.24. The molecule has 1 aromatic heterocycles. The first-order chi connectivity index (χ1) is 9.13. The van der Waals surface area contributed by atoms with Gasteiger partial charge in [0.05, 0.1) is 4.92 Å². The summed E-state index contributed by atoms with van der Waals surface area (Å²) in [4.78, 5) is 14.3. The van der Waals surface area contributed by atoms with Gasteiger partial charge in [-0.2, -0.15) is 5.26 Å². The molecular weight excluding hydrogens is 248 g/mol. The minimum atomic E-state index is -0.623. The molecule has 2 unspecified atom stereocenters. The number of nitrogens with one attached hydrogen (secondary N) is 1. The third-order valence-corrected chi connectivity index (χ3v) is 3.21. The van der Waals surface area contributed by atoms with E-state index in [9.17, 15) is 10.1 Å². The van der Waals surface area contributed by atoms with E-state index >= 15 is 0 Å². The number of hydrogen-bond acceptors (Lipinski definition) is 6. The summed E-state index contributed by atoms with van der Waals surface area (Å²) in [6.45, 7) is 3.57. The number of nitro groups is 1. The Kier molecular flexibility index (Phi) is 3.92. The van der Waals surface area contributed by atoms with Crippen LogP contribution in [0.4, 0.5) is 5.69 Å². The van der Waals surface area contributed by atoms with E-state index in [0.29, 0.717) is 6.54 Å². The quantitative estimate of drug-likeness (QED) is 0.649. The molecule has 0 bridgehead atoms. The van der Waals surface area contributed by atoms with Crippen molar-refractivity contribution in [1.82, 2.24) is 10.3 Å². The molecule has 1 fully saturated rings. The molecule has 2 rings (SSSR count). The standard InChI is InChI=1S/C12H14N4O3/c1-8-2-4-14-7-10(8)19-12-11(16(17)18)9(6-13)3-5-15-12/h3,5,8,10,14H,2,4,7H2,1H3. The lowest BCUT2D eigenvalue weighted by atomic mass is 9.97. The molecule has 0 spiro atoms. The maximum absolute atomic E-state index is 11.0. The average molecular weight is 262 g/mol. The molecule has 0 saturated carbocycles. The van der Waals surface area contributed by atoms with Crippen LogP contribution in [0.15, 0.2) is 12.3 Å². The Morgan fingerprint density at radius 3 is 3.11 bits per heavy atom. The van der Waals surface area contributed by atoms with Gasteiger partial charge in [-0.25, -0.2) is 4.98 Å². The lowest BCUT2D eigenvalue weighted by Gasteiger charge is -2.29. The van der Waals surface area contributed by atoms with Crippen LogP contribution in [-0.2, 0) is 0 Å². The van der Waals surface area contributed by atoms with Gasteiger partial charge >= 0.3 is 5.69 Å². The minimum absolute atomic E-state index is 0.0357. The number of rotatable bonds is 3. The lowest BCUT2D eigenvalue weighted by Crippen LogP contribution is -2.43. The Hall–Kier alpha value is -2.20. The first-order valence-electron chi connectivity index (χ1n) is 6.04. The molecule has 1 saturated heterocycles. The van der Waals surface area contributed by atoms with Crippen LogP contribution < -0.4 is 10.1 Å². The first kappa shape index (κ1) is 13.2. The van der Waals surface area contributed by atoms with Crippen molar-refractivity contribution in [3.8, 4) is 11.9 Å². The molecule has 7 heteroatoms. The molecule has 1 aliphatic rings. The van der Waals surface area contributed by atoms with E-state index in [1.807, 2.05) is 6.92 Å². The van der Waals surface area contributed by atoms with Crippen molar-refractivity contribution < 1.29 is 9.66 Å². The SMILES string of the molecule is CC1CCNCC1Oc1nccc(C#N)c1[N+](=O)[O-]. The molecule has 0 amide bonds. The van der Waals surface area contributed by atoms with Crippen LogP contribution in [0.3, 0.4) is 0 Å². The van der Waals surface area contributed by atoms with Gasteiger partial charge in [0, 0.05) is 12.7 Å². The number of aromatic nitrogens is 1. The number of ether oxygens (including phenoxy) is 1. The maximum Gasteiger partial charge on any atom is 0.348 e. The van der Waals surface area contributed by atoms with Crippen molar-refractivity contribution >= 4 is 5.69 Å². The van der Waals surface area contributed by atoms with E-state index in [2.05, 4.69) is 10.3 Å². The second-order valence-electron chi connectivity index (χ2n) is 4.51. The zero-order valence-electron chi connectivity index (χ0n) is 10.5. The molecule has 2 atom stereocenters. The fourth-order valence-corrected chi connectivity index (χ4v) is 2.05. The van der Waals surface area contributed by atoms with E-state index in [0.717, 1.165) is 13.0 Å². The highest BCUT2D eigenvalue weighted by atomic mass is 16.6. The summed E-state index contributed by atoms with van der Waals surface area (Å²) >= 11 is 0. The minimum Gasteiger partial charge on any atom is -0.468 e. The lowest BCUT2D eigenvalue weighted by molar-refractivity contribution is -0.386. The molecule has 1 N–H and O–H groups in total. The Labute approximate surface area is 110 Å². The second kappa shape index (κ2) is 5.63. The van der Waals surface area contributed by atoms with Gasteiger partial charge in [0.2, 0.25) is 0 Å². The smallest absolute Gasteiger partial charge is 0.348 e. The molecular formula is C12H14N4O3. The summed E-state index contributed by atoms with van der Waals surface area (Å²) in [6.07, 6.45) is 2.12. The van der Waals surface area contributed by atoms with E-state index < -0.39 is 4.92 Å². The molecule has 1 aliphatic heterocycles. The zero-order chi connectivity index (χ0) is 13.8. The Morgan fingerprint density at radius 1 is 1.68 bits per heavy atom.